The van der Waals surface area contributed by atoms with Crippen LogP contribution in [0.5, 0.6) is 11.6 Å². The zero-order valence-corrected chi connectivity index (χ0v) is 14.2. The highest BCUT2D eigenvalue weighted by molar-refractivity contribution is 7.66. The van der Waals surface area contributed by atoms with E-state index in [0.717, 1.165) is 12.1 Å². The van der Waals surface area contributed by atoms with Crippen LogP contribution in [-0.2, 0) is 4.57 Å². The largest absolute Gasteiger partial charge is 0.438 e. The van der Waals surface area contributed by atoms with Crippen molar-refractivity contribution >= 4 is 41.6 Å². The molecule has 1 atom stereocenters. The van der Waals surface area contributed by atoms with Gasteiger partial charge >= 0.3 is 0 Å². The fraction of sp³-hybridized carbons (Fsp3) is 0.154. The van der Waals surface area contributed by atoms with Gasteiger partial charge in [0.2, 0.25) is 13.2 Å². The Morgan fingerprint density at radius 2 is 2.09 bits per heavy atom. The highest BCUT2D eigenvalue weighted by Gasteiger charge is 2.29. The Morgan fingerprint density at radius 3 is 2.65 bits per heavy atom. The van der Waals surface area contributed by atoms with Gasteiger partial charge in [0.1, 0.15) is 16.1 Å². The van der Waals surface area contributed by atoms with Crippen molar-refractivity contribution in [2.24, 2.45) is 0 Å². The van der Waals surface area contributed by atoms with Crippen molar-refractivity contribution in [3.8, 4) is 11.6 Å². The standard InChI is InChI=1S/C13H11Cl2N2O5P/c1-2-23(20,21)12-6-9(3-4-11(12)17(18)19)22-13-10(15)5-8(14)7-16-13/h3-7H,2H2,1H3,(H,20,21). The van der Waals surface area contributed by atoms with Gasteiger partial charge in [-0.1, -0.05) is 30.1 Å². The van der Waals surface area contributed by atoms with E-state index >= 15 is 0 Å². The molecule has 0 radical (unpaired) electrons. The Balaban J connectivity index is 2.47. The molecule has 122 valence electrons. The summed E-state index contributed by atoms with van der Waals surface area (Å²) in [5.41, 5.74) is -0.444. The fourth-order valence-corrected chi connectivity index (χ4v) is 3.36. The maximum Gasteiger partial charge on any atom is 0.282 e. The molecule has 10 heteroatoms. The van der Waals surface area contributed by atoms with Crippen LogP contribution in [0, 0.1) is 10.1 Å². The normalized spacial score (nSPS) is 13.4. The first-order valence-electron chi connectivity index (χ1n) is 6.34. The van der Waals surface area contributed by atoms with Crippen molar-refractivity contribution in [1.82, 2.24) is 4.98 Å². The van der Waals surface area contributed by atoms with Crippen LogP contribution in [0.3, 0.4) is 0 Å². The summed E-state index contributed by atoms with van der Waals surface area (Å²) in [6, 6.07) is 4.96. The summed E-state index contributed by atoms with van der Waals surface area (Å²) in [5.74, 6) is 0.130. The first-order chi connectivity index (χ1) is 10.7. The number of nitrogens with zero attached hydrogens (tertiary/aromatic N) is 2. The van der Waals surface area contributed by atoms with Crippen molar-refractivity contribution in [1.29, 1.82) is 0 Å². The maximum absolute atomic E-state index is 12.2. The minimum atomic E-state index is -3.86. The van der Waals surface area contributed by atoms with E-state index in [1.807, 2.05) is 0 Å². The molecule has 1 aromatic carbocycles. The summed E-state index contributed by atoms with van der Waals surface area (Å²) < 4.78 is 17.6. The van der Waals surface area contributed by atoms with Gasteiger partial charge in [-0.2, -0.15) is 0 Å². The zero-order chi connectivity index (χ0) is 17.2. The van der Waals surface area contributed by atoms with Crippen LogP contribution < -0.4 is 10.0 Å². The van der Waals surface area contributed by atoms with Crippen LogP contribution in [0.15, 0.2) is 30.5 Å². The molecular weight excluding hydrogens is 366 g/mol. The van der Waals surface area contributed by atoms with Gasteiger partial charge in [0.05, 0.1) is 9.95 Å². The lowest BCUT2D eigenvalue weighted by Crippen LogP contribution is -2.12. The number of halogens is 2. The topological polar surface area (TPSA) is 103 Å². The second-order valence-corrected chi connectivity index (χ2v) is 7.83. The third-order valence-corrected chi connectivity index (χ3v) is 5.38. The van der Waals surface area contributed by atoms with Crippen LogP contribution in [0.1, 0.15) is 6.92 Å². The molecular formula is C13H11Cl2N2O5P. The smallest absolute Gasteiger partial charge is 0.282 e. The van der Waals surface area contributed by atoms with E-state index in [-0.39, 0.29) is 28.1 Å². The molecule has 0 bridgehead atoms. The summed E-state index contributed by atoms with van der Waals surface area (Å²) in [7, 11) is -3.86. The van der Waals surface area contributed by atoms with Crippen LogP contribution in [0.4, 0.5) is 5.69 Å². The molecule has 0 saturated heterocycles. The van der Waals surface area contributed by atoms with E-state index in [1.54, 1.807) is 0 Å². The summed E-state index contributed by atoms with van der Waals surface area (Å²) in [5, 5.41) is 11.2. The van der Waals surface area contributed by atoms with E-state index in [0.29, 0.717) is 5.02 Å². The van der Waals surface area contributed by atoms with Crippen LogP contribution in [0.25, 0.3) is 0 Å². The van der Waals surface area contributed by atoms with Gasteiger partial charge in [0.15, 0.2) is 0 Å². The lowest BCUT2D eigenvalue weighted by molar-refractivity contribution is -0.383. The van der Waals surface area contributed by atoms with E-state index in [4.69, 9.17) is 27.9 Å². The first-order valence-corrected chi connectivity index (χ1v) is 8.94. The highest BCUT2D eigenvalue weighted by atomic mass is 35.5. The molecule has 23 heavy (non-hydrogen) atoms. The quantitative estimate of drug-likeness (QED) is 0.480. The number of nitro benzene ring substituents is 1. The molecule has 0 fully saturated rings. The summed E-state index contributed by atoms with van der Waals surface area (Å²) in [4.78, 5) is 24.1. The van der Waals surface area contributed by atoms with Gasteiger partial charge in [0, 0.05) is 24.5 Å². The van der Waals surface area contributed by atoms with Gasteiger partial charge in [0.25, 0.3) is 5.69 Å². The molecule has 0 spiro atoms. The fourth-order valence-electron chi connectivity index (χ4n) is 1.76. The first kappa shape index (κ1) is 17.7. The summed E-state index contributed by atoms with van der Waals surface area (Å²) >= 11 is 11.7. The van der Waals surface area contributed by atoms with E-state index < -0.39 is 18.0 Å². The van der Waals surface area contributed by atoms with Crippen molar-refractivity contribution < 1.29 is 19.1 Å². The molecule has 1 N–H and O–H groups in total. The van der Waals surface area contributed by atoms with Gasteiger partial charge in [-0.25, -0.2) is 4.98 Å². The average molecular weight is 377 g/mol. The minimum absolute atomic E-state index is 0.0279. The Hall–Kier alpha value is -1.66. The van der Waals surface area contributed by atoms with Gasteiger partial charge in [-0.05, 0) is 12.1 Å². The monoisotopic (exact) mass is 376 g/mol. The van der Waals surface area contributed by atoms with Crippen LogP contribution in [-0.4, -0.2) is 21.0 Å². The predicted molar refractivity (Wildman–Crippen MR) is 87.4 cm³/mol. The second kappa shape index (κ2) is 6.84. The molecule has 0 amide bonds. The van der Waals surface area contributed by atoms with E-state index in [9.17, 15) is 19.6 Å². The molecule has 0 aliphatic carbocycles. The Kier molecular flexibility index (Phi) is 5.26. The highest BCUT2D eigenvalue weighted by Crippen LogP contribution is 2.43. The van der Waals surface area contributed by atoms with Crippen molar-refractivity contribution in [2.75, 3.05) is 6.16 Å². The van der Waals surface area contributed by atoms with Crippen molar-refractivity contribution in [2.45, 2.75) is 6.92 Å². The lowest BCUT2D eigenvalue weighted by Gasteiger charge is -2.12. The van der Waals surface area contributed by atoms with Crippen molar-refractivity contribution in [3.63, 3.8) is 0 Å². The van der Waals surface area contributed by atoms with E-state index in [1.165, 1.54) is 25.3 Å². The average Bonchev–Trinajstić information content (AvgIpc) is 2.49. The van der Waals surface area contributed by atoms with E-state index in [2.05, 4.69) is 4.98 Å². The molecule has 1 unspecified atom stereocenters. The number of pyridine rings is 1. The molecule has 1 heterocycles. The van der Waals surface area contributed by atoms with Gasteiger partial charge < -0.3 is 9.63 Å². The summed E-state index contributed by atoms with van der Waals surface area (Å²) in [6.07, 6.45) is 1.18. The number of hydrogen-bond donors (Lipinski definition) is 1. The molecule has 7 nitrogen and oxygen atoms in total. The van der Waals surface area contributed by atoms with Crippen LogP contribution in [0.2, 0.25) is 10.0 Å². The maximum atomic E-state index is 12.2. The third-order valence-electron chi connectivity index (χ3n) is 2.94. The number of ether oxygens (including phenoxy) is 1. The van der Waals surface area contributed by atoms with Gasteiger partial charge in [-0.3, -0.25) is 14.7 Å². The van der Waals surface area contributed by atoms with Crippen LogP contribution >= 0.6 is 30.6 Å². The Bertz CT molecular complexity index is 815. The number of nitro groups is 1. The molecule has 0 aliphatic heterocycles. The SMILES string of the molecule is CCP(=O)(O)c1cc(Oc2ncc(Cl)cc2Cl)ccc1[N+](=O)[O-]. The van der Waals surface area contributed by atoms with Gasteiger partial charge in [-0.15, -0.1) is 0 Å². The molecule has 0 aliphatic rings. The number of benzene rings is 1. The molecule has 1 aromatic heterocycles. The molecule has 2 aromatic rings. The minimum Gasteiger partial charge on any atom is -0.438 e. The Labute approximate surface area is 141 Å². The molecule has 2 rings (SSSR count). The van der Waals surface area contributed by atoms with Crippen molar-refractivity contribution in [3.05, 3.63) is 50.6 Å². The zero-order valence-electron chi connectivity index (χ0n) is 11.8. The number of hydrogen-bond acceptors (Lipinski definition) is 5. The predicted octanol–water partition coefficient (Wildman–Crippen LogP) is 4.00. The Morgan fingerprint density at radius 1 is 1.39 bits per heavy atom. The number of rotatable bonds is 5. The second-order valence-electron chi connectivity index (χ2n) is 4.47. The lowest BCUT2D eigenvalue weighted by atomic mass is 10.3. The number of aromatic nitrogens is 1. The third kappa shape index (κ3) is 4.00. The summed E-state index contributed by atoms with van der Waals surface area (Å²) in [6.45, 7) is 1.47. The molecule has 0 saturated carbocycles.